The van der Waals surface area contributed by atoms with Crippen molar-refractivity contribution in [1.29, 1.82) is 0 Å². The van der Waals surface area contributed by atoms with E-state index >= 15 is 0 Å². The zero-order valence-corrected chi connectivity index (χ0v) is 12.6. The second-order valence-corrected chi connectivity index (χ2v) is 6.60. The van der Waals surface area contributed by atoms with E-state index in [2.05, 4.69) is 27.9 Å². The van der Waals surface area contributed by atoms with Crippen molar-refractivity contribution in [3.8, 4) is 0 Å². The second-order valence-electron chi connectivity index (χ2n) is 3.80. The first-order valence-corrected chi connectivity index (χ1v) is 7.45. The maximum atomic E-state index is 11.9. The summed E-state index contributed by atoms with van der Waals surface area (Å²) in [5.74, 6) is -0.0407. The van der Waals surface area contributed by atoms with Crippen LogP contribution in [-0.2, 0) is 13.1 Å². The third-order valence-corrected chi connectivity index (χ3v) is 4.40. The highest BCUT2D eigenvalue weighted by Gasteiger charge is 2.08. The Kier molecular flexibility index (Phi) is 4.73. The standard InChI is InChI=1S/C13H13IN2OS/c14-12-5-11(8-18-12)13(17)16-7-10-4-2-1-3-9(10)6-15/h1-5,8H,6-7,15H2,(H,16,17). The molecule has 5 heteroatoms. The molecule has 1 aromatic carbocycles. The molecule has 2 aromatic rings. The first-order valence-electron chi connectivity index (χ1n) is 5.50. The molecule has 3 nitrogen and oxygen atoms in total. The Morgan fingerprint density at radius 3 is 2.67 bits per heavy atom. The Morgan fingerprint density at radius 2 is 2.06 bits per heavy atom. The summed E-state index contributed by atoms with van der Waals surface area (Å²) < 4.78 is 1.11. The van der Waals surface area contributed by atoms with Gasteiger partial charge >= 0.3 is 0 Å². The fraction of sp³-hybridized carbons (Fsp3) is 0.154. The lowest BCUT2D eigenvalue weighted by Gasteiger charge is -2.08. The minimum atomic E-state index is -0.0407. The minimum absolute atomic E-state index is 0.0407. The number of hydrogen-bond acceptors (Lipinski definition) is 3. The average molecular weight is 372 g/mol. The number of benzene rings is 1. The molecule has 0 aliphatic heterocycles. The van der Waals surface area contributed by atoms with Gasteiger partial charge in [-0.1, -0.05) is 24.3 Å². The van der Waals surface area contributed by atoms with Crippen molar-refractivity contribution < 1.29 is 4.79 Å². The Balaban J connectivity index is 2.01. The number of thiophene rings is 1. The van der Waals surface area contributed by atoms with E-state index in [9.17, 15) is 4.79 Å². The van der Waals surface area contributed by atoms with Crippen LogP contribution in [0.2, 0.25) is 0 Å². The summed E-state index contributed by atoms with van der Waals surface area (Å²) in [5.41, 5.74) is 8.51. The average Bonchev–Trinajstić information content (AvgIpc) is 2.83. The van der Waals surface area contributed by atoms with E-state index in [1.807, 2.05) is 35.7 Å². The molecule has 0 radical (unpaired) electrons. The van der Waals surface area contributed by atoms with Crippen molar-refractivity contribution in [2.45, 2.75) is 13.1 Å². The Labute approximate surface area is 124 Å². The van der Waals surface area contributed by atoms with Crippen molar-refractivity contribution in [2.24, 2.45) is 5.73 Å². The molecule has 2 rings (SSSR count). The third kappa shape index (κ3) is 3.30. The van der Waals surface area contributed by atoms with Gasteiger partial charge in [0.1, 0.15) is 0 Å². The largest absolute Gasteiger partial charge is 0.348 e. The third-order valence-electron chi connectivity index (χ3n) is 2.61. The molecule has 0 atom stereocenters. The van der Waals surface area contributed by atoms with Gasteiger partial charge in [0.15, 0.2) is 0 Å². The fourth-order valence-electron chi connectivity index (χ4n) is 1.64. The topological polar surface area (TPSA) is 55.1 Å². The van der Waals surface area contributed by atoms with Crippen LogP contribution in [0.1, 0.15) is 21.5 Å². The molecular weight excluding hydrogens is 359 g/mol. The molecule has 18 heavy (non-hydrogen) atoms. The van der Waals surface area contributed by atoms with Crippen molar-refractivity contribution in [3.05, 3.63) is 55.3 Å². The van der Waals surface area contributed by atoms with Crippen LogP contribution in [0.3, 0.4) is 0 Å². The number of carbonyl (C=O) groups is 1. The SMILES string of the molecule is NCc1ccccc1CNC(=O)c1csc(I)c1. The highest BCUT2D eigenvalue weighted by atomic mass is 127. The zero-order valence-electron chi connectivity index (χ0n) is 9.65. The predicted molar refractivity (Wildman–Crippen MR) is 82.5 cm³/mol. The maximum Gasteiger partial charge on any atom is 0.252 e. The van der Waals surface area contributed by atoms with E-state index in [0.717, 1.165) is 19.6 Å². The summed E-state index contributed by atoms with van der Waals surface area (Å²) >= 11 is 3.78. The predicted octanol–water partition coefficient (Wildman–Crippen LogP) is 2.74. The first-order chi connectivity index (χ1) is 8.70. The smallest absolute Gasteiger partial charge is 0.252 e. The van der Waals surface area contributed by atoms with Gasteiger partial charge in [0, 0.05) is 18.5 Å². The number of halogens is 1. The van der Waals surface area contributed by atoms with E-state index in [1.54, 1.807) is 11.3 Å². The lowest BCUT2D eigenvalue weighted by atomic mass is 10.1. The van der Waals surface area contributed by atoms with Crippen LogP contribution in [0.5, 0.6) is 0 Å². The highest BCUT2D eigenvalue weighted by Crippen LogP contribution is 2.16. The highest BCUT2D eigenvalue weighted by molar-refractivity contribution is 14.1. The lowest BCUT2D eigenvalue weighted by Crippen LogP contribution is -2.23. The van der Waals surface area contributed by atoms with Gasteiger partial charge in [-0.2, -0.15) is 0 Å². The monoisotopic (exact) mass is 372 g/mol. The van der Waals surface area contributed by atoms with Gasteiger partial charge in [0.25, 0.3) is 5.91 Å². The fourth-order valence-corrected chi connectivity index (χ4v) is 2.96. The van der Waals surface area contributed by atoms with Crippen LogP contribution in [-0.4, -0.2) is 5.91 Å². The maximum absolute atomic E-state index is 11.9. The Morgan fingerprint density at radius 1 is 1.33 bits per heavy atom. The molecule has 0 saturated heterocycles. The number of carbonyl (C=O) groups excluding carboxylic acids is 1. The molecule has 0 aliphatic rings. The van der Waals surface area contributed by atoms with Gasteiger partial charge in [0.2, 0.25) is 0 Å². The number of amides is 1. The Bertz CT molecular complexity index is 553. The summed E-state index contributed by atoms with van der Waals surface area (Å²) in [6, 6.07) is 9.76. The molecule has 1 heterocycles. The van der Waals surface area contributed by atoms with E-state index in [0.29, 0.717) is 13.1 Å². The van der Waals surface area contributed by atoms with Gasteiger partial charge in [-0.3, -0.25) is 4.79 Å². The van der Waals surface area contributed by atoms with E-state index in [4.69, 9.17) is 5.73 Å². The van der Waals surface area contributed by atoms with Gasteiger partial charge < -0.3 is 11.1 Å². The minimum Gasteiger partial charge on any atom is -0.348 e. The van der Waals surface area contributed by atoms with Crippen molar-refractivity contribution >= 4 is 39.8 Å². The molecule has 1 amide bonds. The van der Waals surface area contributed by atoms with Crippen molar-refractivity contribution in [2.75, 3.05) is 0 Å². The molecular formula is C13H13IN2OS. The molecule has 0 saturated carbocycles. The van der Waals surface area contributed by atoms with Gasteiger partial charge in [-0.15, -0.1) is 11.3 Å². The quantitative estimate of drug-likeness (QED) is 0.811. The van der Waals surface area contributed by atoms with E-state index < -0.39 is 0 Å². The summed E-state index contributed by atoms with van der Waals surface area (Å²) in [6.45, 7) is 1.00. The van der Waals surface area contributed by atoms with Crippen LogP contribution in [0, 0.1) is 2.88 Å². The zero-order chi connectivity index (χ0) is 13.0. The van der Waals surface area contributed by atoms with Crippen LogP contribution in [0.25, 0.3) is 0 Å². The first kappa shape index (κ1) is 13.5. The molecule has 1 aromatic heterocycles. The van der Waals surface area contributed by atoms with Gasteiger partial charge in [-0.25, -0.2) is 0 Å². The molecule has 94 valence electrons. The van der Waals surface area contributed by atoms with Gasteiger partial charge in [-0.05, 0) is 39.8 Å². The molecule has 3 N–H and O–H groups in total. The summed E-state index contributed by atoms with van der Waals surface area (Å²) in [6.07, 6.45) is 0. The van der Waals surface area contributed by atoms with E-state index in [1.165, 1.54) is 0 Å². The number of hydrogen-bond donors (Lipinski definition) is 2. The van der Waals surface area contributed by atoms with Crippen molar-refractivity contribution in [3.63, 3.8) is 0 Å². The summed E-state index contributed by atoms with van der Waals surface area (Å²) in [7, 11) is 0. The number of nitrogens with one attached hydrogen (secondary N) is 1. The van der Waals surface area contributed by atoms with Crippen molar-refractivity contribution in [1.82, 2.24) is 5.32 Å². The second kappa shape index (κ2) is 6.31. The van der Waals surface area contributed by atoms with Gasteiger partial charge in [0.05, 0.1) is 8.45 Å². The van der Waals surface area contributed by atoms with E-state index in [-0.39, 0.29) is 5.91 Å². The molecule has 0 unspecified atom stereocenters. The van der Waals surface area contributed by atoms with Crippen LogP contribution >= 0.6 is 33.9 Å². The van der Waals surface area contributed by atoms with Crippen LogP contribution in [0.15, 0.2) is 35.7 Å². The number of rotatable bonds is 4. The molecule has 0 fully saturated rings. The normalized spacial score (nSPS) is 10.3. The molecule has 0 aliphatic carbocycles. The van der Waals surface area contributed by atoms with Crippen LogP contribution in [0.4, 0.5) is 0 Å². The number of nitrogens with two attached hydrogens (primary N) is 1. The molecule has 0 spiro atoms. The summed E-state index contributed by atoms with van der Waals surface area (Å²) in [5, 5.41) is 4.78. The Hall–Kier alpha value is -0.920. The summed E-state index contributed by atoms with van der Waals surface area (Å²) in [4.78, 5) is 11.9. The molecule has 0 bridgehead atoms. The van der Waals surface area contributed by atoms with Crippen LogP contribution < -0.4 is 11.1 Å². The lowest BCUT2D eigenvalue weighted by molar-refractivity contribution is 0.0951.